The number of thiazole rings is 1. The molecule has 0 unspecified atom stereocenters. The summed E-state index contributed by atoms with van der Waals surface area (Å²) in [6.07, 6.45) is 2.46. The molecule has 27 heavy (non-hydrogen) atoms. The second-order valence-electron chi connectivity index (χ2n) is 6.63. The van der Waals surface area contributed by atoms with Crippen molar-refractivity contribution in [3.05, 3.63) is 69.6 Å². The molecule has 0 atom stereocenters. The van der Waals surface area contributed by atoms with Gasteiger partial charge in [0.05, 0.1) is 12.2 Å². The van der Waals surface area contributed by atoms with Gasteiger partial charge in [0.1, 0.15) is 10.8 Å². The van der Waals surface area contributed by atoms with Crippen LogP contribution in [-0.2, 0) is 12.3 Å². The highest BCUT2D eigenvalue weighted by molar-refractivity contribution is 7.98. The lowest BCUT2D eigenvalue weighted by atomic mass is 10.2. The second-order valence-corrected chi connectivity index (χ2v) is 9.21. The smallest absolute Gasteiger partial charge is 0.191 e. The van der Waals surface area contributed by atoms with E-state index in [1.165, 1.54) is 24.0 Å². The maximum Gasteiger partial charge on any atom is 0.191 e. The topological polar surface area (TPSA) is 43.6 Å². The molecule has 0 bridgehead atoms. The number of benzene rings is 1. The van der Waals surface area contributed by atoms with Gasteiger partial charge in [-0.2, -0.15) is 11.3 Å². The number of thiophene rings is 1. The monoisotopic (exact) mass is 410 g/mol. The standard InChI is InChI=1S/C20H18N4S3/c1-2-4-14(5-3-1)10-24-18(15-6-7-15)22-23-20(24)27-13-17-12-26-19(21-17)16-8-9-25-11-16/h1-5,8-9,11-12,15H,6-7,10,13H2. The lowest BCUT2D eigenvalue weighted by Crippen LogP contribution is -2.06. The van der Waals surface area contributed by atoms with E-state index < -0.39 is 0 Å². The fourth-order valence-electron chi connectivity index (χ4n) is 3.00. The van der Waals surface area contributed by atoms with Crippen LogP contribution in [0.3, 0.4) is 0 Å². The van der Waals surface area contributed by atoms with E-state index in [0.29, 0.717) is 5.92 Å². The molecule has 136 valence electrons. The van der Waals surface area contributed by atoms with Crippen LogP contribution in [0.4, 0.5) is 0 Å². The van der Waals surface area contributed by atoms with Crippen molar-refractivity contribution in [2.45, 2.75) is 36.2 Å². The molecule has 1 fully saturated rings. The van der Waals surface area contributed by atoms with Gasteiger partial charge >= 0.3 is 0 Å². The van der Waals surface area contributed by atoms with E-state index in [1.807, 2.05) is 0 Å². The summed E-state index contributed by atoms with van der Waals surface area (Å²) in [5.74, 6) is 2.54. The molecule has 4 nitrogen and oxygen atoms in total. The number of thioether (sulfide) groups is 1. The van der Waals surface area contributed by atoms with Gasteiger partial charge in [0.15, 0.2) is 5.16 Å². The molecule has 7 heteroatoms. The van der Waals surface area contributed by atoms with Crippen LogP contribution < -0.4 is 0 Å². The van der Waals surface area contributed by atoms with Crippen molar-refractivity contribution in [2.75, 3.05) is 0 Å². The van der Waals surface area contributed by atoms with E-state index in [-0.39, 0.29) is 0 Å². The van der Waals surface area contributed by atoms with Crippen molar-refractivity contribution in [1.29, 1.82) is 0 Å². The zero-order valence-corrected chi connectivity index (χ0v) is 17.1. The zero-order valence-electron chi connectivity index (χ0n) is 14.6. The van der Waals surface area contributed by atoms with Crippen molar-refractivity contribution >= 4 is 34.4 Å². The second kappa shape index (κ2) is 7.58. The highest BCUT2D eigenvalue weighted by atomic mass is 32.2. The fourth-order valence-corrected chi connectivity index (χ4v) is 5.47. The maximum absolute atomic E-state index is 4.78. The average molecular weight is 411 g/mol. The summed E-state index contributed by atoms with van der Waals surface area (Å²) in [5.41, 5.74) is 3.60. The van der Waals surface area contributed by atoms with Crippen molar-refractivity contribution in [3.8, 4) is 10.6 Å². The van der Waals surface area contributed by atoms with Crippen LogP contribution in [0.15, 0.2) is 57.7 Å². The van der Waals surface area contributed by atoms with Gasteiger partial charge in [0.25, 0.3) is 0 Å². The predicted octanol–water partition coefficient (Wildman–Crippen LogP) is 5.68. The third-order valence-corrected chi connectivity index (χ3v) is 7.16. The van der Waals surface area contributed by atoms with E-state index in [4.69, 9.17) is 4.98 Å². The Balaban J connectivity index is 1.34. The van der Waals surface area contributed by atoms with Gasteiger partial charge < -0.3 is 4.57 Å². The zero-order chi connectivity index (χ0) is 18.1. The lowest BCUT2D eigenvalue weighted by Gasteiger charge is -2.09. The molecule has 3 heterocycles. The average Bonchev–Trinajstić information content (AvgIpc) is 3.11. The summed E-state index contributed by atoms with van der Waals surface area (Å²) in [5, 5.41) is 17.5. The molecule has 1 saturated carbocycles. The number of hydrogen-bond donors (Lipinski definition) is 0. The highest BCUT2D eigenvalue weighted by Gasteiger charge is 2.30. The maximum atomic E-state index is 4.78. The first-order chi connectivity index (χ1) is 13.4. The molecule has 1 aliphatic carbocycles. The molecule has 0 spiro atoms. The molecule has 0 radical (unpaired) electrons. The first-order valence-corrected chi connectivity index (χ1v) is 11.7. The van der Waals surface area contributed by atoms with Gasteiger partial charge in [0.2, 0.25) is 0 Å². The van der Waals surface area contributed by atoms with E-state index in [9.17, 15) is 0 Å². The summed E-state index contributed by atoms with van der Waals surface area (Å²) < 4.78 is 2.30. The lowest BCUT2D eigenvalue weighted by molar-refractivity contribution is 0.667. The van der Waals surface area contributed by atoms with E-state index >= 15 is 0 Å². The van der Waals surface area contributed by atoms with Gasteiger partial charge in [-0.3, -0.25) is 0 Å². The molecule has 4 aromatic rings. The molecule has 3 aromatic heterocycles. The molecule has 0 aliphatic heterocycles. The minimum atomic E-state index is 0.583. The summed E-state index contributed by atoms with van der Waals surface area (Å²) in [6.45, 7) is 0.833. The largest absolute Gasteiger partial charge is 0.301 e. The first-order valence-electron chi connectivity index (χ1n) is 8.93. The van der Waals surface area contributed by atoms with Gasteiger partial charge in [-0.1, -0.05) is 42.1 Å². The molecular formula is C20H18N4S3. The van der Waals surface area contributed by atoms with Crippen LogP contribution in [0.25, 0.3) is 10.6 Å². The van der Waals surface area contributed by atoms with E-state index in [0.717, 1.165) is 34.0 Å². The number of nitrogens with zero attached hydrogens (tertiary/aromatic N) is 4. The van der Waals surface area contributed by atoms with Crippen LogP contribution in [0.2, 0.25) is 0 Å². The Labute approximate surface area is 170 Å². The Morgan fingerprint density at radius 2 is 1.96 bits per heavy atom. The van der Waals surface area contributed by atoms with Crippen molar-refractivity contribution in [2.24, 2.45) is 0 Å². The minimum absolute atomic E-state index is 0.583. The number of aromatic nitrogens is 4. The molecule has 1 aliphatic rings. The van der Waals surface area contributed by atoms with Crippen molar-refractivity contribution < 1.29 is 0 Å². The van der Waals surface area contributed by atoms with E-state index in [2.05, 4.69) is 67.3 Å². The normalized spacial score (nSPS) is 13.9. The Kier molecular flexibility index (Phi) is 4.82. The molecule has 1 aromatic carbocycles. The minimum Gasteiger partial charge on any atom is -0.301 e. The fraction of sp³-hybridized carbons (Fsp3) is 0.250. The Morgan fingerprint density at radius 3 is 2.74 bits per heavy atom. The molecule has 0 N–H and O–H groups in total. The number of hydrogen-bond acceptors (Lipinski definition) is 6. The van der Waals surface area contributed by atoms with Gasteiger partial charge in [-0.25, -0.2) is 4.98 Å². The predicted molar refractivity (Wildman–Crippen MR) is 113 cm³/mol. The summed E-state index contributed by atoms with van der Waals surface area (Å²) in [7, 11) is 0. The number of rotatable bonds is 7. The SMILES string of the molecule is c1ccc(Cn2c(SCc3csc(-c4ccsc4)n3)nnc2C2CC2)cc1. The van der Waals surface area contributed by atoms with Crippen LogP contribution in [0.1, 0.15) is 35.8 Å². The molecule has 5 rings (SSSR count). The summed E-state index contributed by atoms with van der Waals surface area (Å²) in [6, 6.07) is 12.7. The Morgan fingerprint density at radius 1 is 1.07 bits per heavy atom. The highest BCUT2D eigenvalue weighted by Crippen LogP contribution is 2.40. The molecule has 0 amide bonds. The van der Waals surface area contributed by atoms with Crippen LogP contribution >= 0.6 is 34.4 Å². The van der Waals surface area contributed by atoms with Crippen molar-refractivity contribution in [1.82, 2.24) is 19.7 Å². The third kappa shape index (κ3) is 3.85. The Hall–Kier alpha value is -1.96. The van der Waals surface area contributed by atoms with E-state index in [1.54, 1.807) is 34.4 Å². The van der Waals surface area contributed by atoms with Crippen LogP contribution in [0, 0.1) is 0 Å². The Bertz CT molecular complexity index is 1020. The molecular weight excluding hydrogens is 392 g/mol. The van der Waals surface area contributed by atoms with Gasteiger partial charge in [-0.15, -0.1) is 21.5 Å². The van der Waals surface area contributed by atoms with Crippen LogP contribution in [0.5, 0.6) is 0 Å². The van der Waals surface area contributed by atoms with Crippen molar-refractivity contribution in [3.63, 3.8) is 0 Å². The third-order valence-electron chi connectivity index (χ3n) is 4.54. The van der Waals surface area contributed by atoms with Gasteiger partial charge in [0, 0.05) is 28.0 Å². The van der Waals surface area contributed by atoms with Gasteiger partial charge in [-0.05, 0) is 29.9 Å². The first kappa shape index (κ1) is 17.2. The quantitative estimate of drug-likeness (QED) is 0.368. The summed E-state index contributed by atoms with van der Waals surface area (Å²) >= 11 is 5.15. The summed E-state index contributed by atoms with van der Waals surface area (Å²) in [4.78, 5) is 4.78. The van der Waals surface area contributed by atoms with Crippen LogP contribution in [-0.4, -0.2) is 19.7 Å². The molecule has 0 saturated heterocycles.